The topological polar surface area (TPSA) is 261 Å². The van der Waals surface area contributed by atoms with Crippen LogP contribution in [-0.2, 0) is 32.0 Å². The number of aliphatic hydroxyl groups excluding tert-OH is 1. The van der Waals surface area contributed by atoms with Gasteiger partial charge in [0.2, 0.25) is 23.6 Å². The summed E-state index contributed by atoms with van der Waals surface area (Å²) < 4.78 is 0. The molecule has 49 heavy (non-hydrogen) atoms. The summed E-state index contributed by atoms with van der Waals surface area (Å²) in [6, 6.07) is 8.95. The van der Waals surface area contributed by atoms with Crippen molar-refractivity contribution in [2.75, 3.05) is 26.2 Å². The first-order chi connectivity index (χ1) is 23.5. The zero-order valence-electron chi connectivity index (χ0n) is 28.2. The Kier molecular flexibility index (Phi) is 16.4. The molecule has 2 aromatic rings. The van der Waals surface area contributed by atoms with Crippen LogP contribution in [0.3, 0.4) is 0 Å². The maximum Gasteiger partial charge on any atom is 0.242 e. The zero-order valence-corrected chi connectivity index (χ0v) is 28.2. The van der Waals surface area contributed by atoms with Crippen LogP contribution in [0.2, 0.25) is 0 Å². The molecule has 0 aliphatic carbocycles. The van der Waals surface area contributed by atoms with Gasteiger partial charge in [-0.05, 0) is 92.4 Å². The summed E-state index contributed by atoms with van der Waals surface area (Å²) in [4.78, 5) is 53.4. The number of phenols is 1. The molecule has 14 nitrogen and oxygen atoms in total. The Balaban J connectivity index is 1.84. The van der Waals surface area contributed by atoms with Crippen LogP contribution in [0.15, 0.2) is 42.5 Å². The van der Waals surface area contributed by atoms with E-state index in [9.17, 15) is 24.3 Å². The molecule has 0 spiro atoms. The normalized spacial score (nSPS) is 19.4. The van der Waals surface area contributed by atoms with Crippen molar-refractivity contribution in [1.29, 1.82) is 0 Å². The van der Waals surface area contributed by atoms with Crippen molar-refractivity contribution in [1.82, 2.24) is 21.3 Å². The Morgan fingerprint density at radius 3 is 2.41 bits per heavy atom. The highest BCUT2D eigenvalue weighted by molar-refractivity contribution is 5.91. The summed E-state index contributed by atoms with van der Waals surface area (Å²) in [5, 5.41) is 31.0. The molecule has 2 aromatic carbocycles. The van der Waals surface area contributed by atoms with Crippen molar-refractivity contribution in [3.63, 3.8) is 0 Å². The minimum atomic E-state index is -1.04. The van der Waals surface area contributed by atoms with Crippen molar-refractivity contribution < 1.29 is 29.4 Å². The van der Waals surface area contributed by atoms with Gasteiger partial charge in [-0.25, -0.2) is 0 Å². The van der Waals surface area contributed by atoms with Gasteiger partial charge in [-0.3, -0.25) is 19.2 Å². The van der Waals surface area contributed by atoms with Gasteiger partial charge in [-0.2, -0.15) is 0 Å². The van der Waals surface area contributed by atoms with E-state index in [0.29, 0.717) is 57.3 Å². The zero-order chi connectivity index (χ0) is 35.8. The lowest BCUT2D eigenvalue weighted by Gasteiger charge is -2.25. The summed E-state index contributed by atoms with van der Waals surface area (Å²) in [5.41, 5.74) is 26.4. The first-order valence-electron chi connectivity index (χ1n) is 17.2. The molecule has 0 radical (unpaired) electrons. The van der Waals surface area contributed by atoms with Crippen LogP contribution in [0.5, 0.6) is 5.75 Å². The first-order valence-corrected chi connectivity index (χ1v) is 17.2. The molecule has 5 atom stereocenters. The van der Waals surface area contributed by atoms with Crippen molar-refractivity contribution in [2.24, 2.45) is 22.9 Å². The molecule has 4 bridgehead atoms. The first kappa shape index (κ1) is 39.4. The SMILES string of the molecule is NCCC[C@H](NC(=O)CC1Cc2cccc(c2)-c2ccc(O)c(c2)C[C@H](N)C(=O)N[C@@H](CCCN)C(=O)N1)C(=O)NCCCC[C@H](N)CO. The van der Waals surface area contributed by atoms with E-state index >= 15 is 0 Å². The van der Waals surface area contributed by atoms with E-state index in [2.05, 4.69) is 21.3 Å². The fraction of sp³-hybridized carbons (Fsp3) is 0.543. The van der Waals surface area contributed by atoms with E-state index in [1.165, 1.54) is 0 Å². The molecule has 1 aliphatic rings. The van der Waals surface area contributed by atoms with Gasteiger partial charge in [0.05, 0.1) is 12.6 Å². The number of aromatic hydroxyl groups is 1. The Bertz CT molecular complexity index is 1390. The number of nitrogens with two attached hydrogens (primary N) is 4. The number of carbonyl (C=O) groups is 4. The number of hydrogen-bond donors (Lipinski definition) is 10. The molecule has 14 N–H and O–H groups in total. The molecule has 0 saturated carbocycles. The Hall–Kier alpha value is -4.08. The van der Waals surface area contributed by atoms with Gasteiger partial charge >= 0.3 is 0 Å². The maximum atomic E-state index is 13.7. The van der Waals surface area contributed by atoms with Crippen molar-refractivity contribution in [3.8, 4) is 16.9 Å². The third-order valence-corrected chi connectivity index (χ3v) is 8.59. The van der Waals surface area contributed by atoms with Gasteiger partial charge in [-0.1, -0.05) is 36.8 Å². The summed E-state index contributed by atoms with van der Waals surface area (Å²) >= 11 is 0. The number of rotatable bonds is 16. The number of fused-ring (bicyclic) bond motifs is 5. The monoisotopic (exact) mass is 682 g/mol. The molecule has 1 unspecified atom stereocenters. The van der Waals surface area contributed by atoms with Crippen molar-refractivity contribution in [3.05, 3.63) is 53.6 Å². The summed E-state index contributed by atoms with van der Waals surface area (Å²) in [6.07, 6.45) is 3.79. The lowest BCUT2D eigenvalue weighted by molar-refractivity contribution is -0.131. The number of nitrogens with one attached hydrogen (secondary N) is 4. The molecule has 1 aliphatic heterocycles. The Labute approximate surface area is 288 Å². The minimum Gasteiger partial charge on any atom is -0.508 e. The highest BCUT2D eigenvalue weighted by atomic mass is 16.3. The number of aliphatic hydroxyl groups is 1. The fourth-order valence-corrected chi connectivity index (χ4v) is 5.79. The number of phenolic OH excluding ortho intramolecular Hbond substituents is 1. The second kappa shape index (κ2) is 20.4. The molecule has 14 heteroatoms. The molecule has 270 valence electrons. The molecule has 0 saturated heterocycles. The highest BCUT2D eigenvalue weighted by Gasteiger charge is 2.28. The minimum absolute atomic E-state index is 0.0113. The van der Waals surface area contributed by atoms with E-state index < -0.39 is 41.9 Å². The lowest BCUT2D eigenvalue weighted by atomic mass is 9.95. The molecule has 0 aromatic heterocycles. The number of hydrogen-bond acceptors (Lipinski definition) is 10. The van der Waals surface area contributed by atoms with Crippen LogP contribution in [0.4, 0.5) is 0 Å². The van der Waals surface area contributed by atoms with Crippen molar-refractivity contribution >= 4 is 23.6 Å². The summed E-state index contributed by atoms with van der Waals surface area (Å²) in [5.74, 6) is -1.80. The number of amides is 4. The number of benzene rings is 2. The smallest absolute Gasteiger partial charge is 0.242 e. The summed E-state index contributed by atoms with van der Waals surface area (Å²) in [6.45, 7) is 0.940. The number of unbranched alkanes of at least 4 members (excludes halogenated alkanes) is 1. The molecule has 1 heterocycles. The van der Waals surface area contributed by atoms with Crippen LogP contribution in [-0.4, -0.2) is 90.3 Å². The average Bonchev–Trinajstić information content (AvgIpc) is 3.08. The third-order valence-electron chi connectivity index (χ3n) is 8.59. The van der Waals surface area contributed by atoms with E-state index in [4.69, 9.17) is 28.0 Å². The Morgan fingerprint density at radius 1 is 0.918 bits per heavy atom. The van der Waals surface area contributed by atoms with Crippen LogP contribution >= 0.6 is 0 Å². The lowest BCUT2D eigenvalue weighted by Crippen LogP contribution is -2.55. The summed E-state index contributed by atoms with van der Waals surface area (Å²) in [7, 11) is 0. The third kappa shape index (κ3) is 13.0. The van der Waals surface area contributed by atoms with E-state index in [0.717, 1.165) is 23.1 Å². The molecule has 3 rings (SSSR count). The molecule has 4 amide bonds. The van der Waals surface area contributed by atoms with Gasteiger partial charge in [0.25, 0.3) is 0 Å². The predicted octanol–water partition coefficient (Wildman–Crippen LogP) is -0.586. The van der Waals surface area contributed by atoms with Gasteiger partial charge in [0.1, 0.15) is 17.8 Å². The fourth-order valence-electron chi connectivity index (χ4n) is 5.79. The van der Waals surface area contributed by atoms with Crippen molar-refractivity contribution in [2.45, 2.75) is 94.4 Å². The molecular weight excluding hydrogens is 628 g/mol. The van der Waals surface area contributed by atoms with Crippen LogP contribution in [0.1, 0.15) is 62.5 Å². The van der Waals surface area contributed by atoms with E-state index in [-0.39, 0.29) is 50.0 Å². The van der Waals surface area contributed by atoms with Gasteiger partial charge < -0.3 is 54.4 Å². The maximum absolute atomic E-state index is 13.7. The largest absolute Gasteiger partial charge is 0.508 e. The average molecular weight is 683 g/mol. The van der Waals surface area contributed by atoms with Crippen LogP contribution < -0.4 is 44.2 Å². The van der Waals surface area contributed by atoms with Gasteiger partial charge in [0, 0.05) is 31.5 Å². The standard InChI is InChI=1S/C35H54N8O6/c36-13-4-9-29(34(48)40-15-2-1-8-26(38)21-44)42-32(46)20-27-17-22-6-3-7-23(16-22)24-11-12-31(45)25(18-24)19-28(39)33(47)43-30(10-5-14-37)35(49)41-27/h3,6-7,11-12,16,18,26-30,44-45H,1-2,4-5,8-10,13-15,17,19-21,36-39H2,(H,40,48)(H,41,49)(H,42,46)(H,43,47)/t26-,27?,28-,29-,30-/m0/s1. The van der Waals surface area contributed by atoms with E-state index in [1.807, 2.05) is 24.3 Å². The van der Waals surface area contributed by atoms with Crippen LogP contribution in [0, 0.1) is 0 Å². The van der Waals surface area contributed by atoms with Gasteiger partial charge in [-0.15, -0.1) is 0 Å². The predicted molar refractivity (Wildman–Crippen MR) is 188 cm³/mol. The molecular formula is C35H54N8O6. The second-order valence-electron chi connectivity index (χ2n) is 12.7. The van der Waals surface area contributed by atoms with E-state index in [1.54, 1.807) is 18.2 Å². The van der Waals surface area contributed by atoms with Crippen LogP contribution in [0.25, 0.3) is 11.1 Å². The second-order valence-corrected chi connectivity index (χ2v) is 12.7. The van der Waals surface area contributed by atoms with Gasteiger partial charge in [0.15, 0.2) is 0 Å². The quantitative estimate of drug-likeness (QED) is 0.101. The number of carbonyl (C=O) groups excluding carboxylic acids is 4. The highest BCUT2D eigenvalue weighted by Crippen LogP contribution is 2.28. The molecule has 0 fully saturated rings. The Morgan fingerprint density at radius 2 is 1.67 bits per heavy atom.